The summed E-state index contributed by atoms with van der Waals surface area (Å²) in [6.45, 7) is 6.36. The standard InChI is InChI=1S/C9H17N3S2/c1-4-14-6-5-7(2)12-8(3)10-11-9(12)13/h7H,4-6H2,1-3H3,(H,11,13). The molecule has 1 N–H and O–H groups in total. The summed E-state index contributed by atoms with van der Waals surface area (Å²) in [5.74, 6) is 3.34. The molecule has 0 fully saturated rings. The highest BCUT2D eigenvalue weighted by molar-refractivity contribution is 7.99. The Bertz CT molecular complexity index is 329. The monoisotopic (exact) mass is 231 g/mol. The van der Waals surface area contributed by atoms with Crippen LogP contribution in [0.5, 0.6) is 0 Å². The van der Waals surface area contributed by atoms with Crippen LogP contribution in [0.4, 0.5) is 0 Å². The molecule has 1 atom stereocenters. The minimum absolute atomic E-state index is 0.445. The summed E-state index contributed by atoms with van der Waals surface area (Å²) in [5, 5.41) is 6.92. The first-order valence-electron chi connectivity index (χ1n) is 4.88. The van der Waals surface area contributed by atoms with Crippen LogP contribution in [0.1, 0.15) is 32.1 Å². The van der Waals surface area contributed by atoms with Crippen molar-refractivity contribution in [1.82, 2.24) is 14.8 Å². The maximum absolute atomic E-state index is 5.17. The van der Waals surface area contributed by atoms with Gasteiger partial charge in [0.25, 0.3) is 0 Å². The van der Waals surface area contributed by atoms with Crippen LogP contribution in [-0.4, -0.2) is 26.3 Å². The second-order valence-electron chi connectivity index (χ2n) is 3.28. The van der Waals surface area contributed by atoms with Crippen molar-refractivity contribution in [3.05, 3.63) is 10.6 Å². The molecule has 0 radical (unpaired) electrons. The third-order valence-electron chi connectivity index (χ3n) is 2.21. The molecule has 0 spiro atoms. The van der Waals surface area contributed by atoms with Gasteiger partial charge in [0.05, 0.1) is 0 Å². The van der Waals surface area contributed by atoms with Gasteiger partial charge in [0.2, 0.25) is 0 Å². The Morgan fingerprint density at radius 2 is 2.36 bits per heavy atom. The highest BCUT2D eigenvalue weighted by Gasteiger charge is 2.08. The Balaban J connectivity index is 2.60. The van der Waals surface area contributed by atoms with E-state index >= 15 is 0 Å². The molecule has 0 amide bonds. The number of rotatable bonds is 5. The molecule has 0 saturated heterocycles. The molecule has 0 bridgehead atoms. The Kier molecular flexibility index (Phi) is 4.68. The lowest BCUT2D eigenvalue weighted by Gasteiger charge is -2.13. The molecule has 0 aliphatic carbocycles. The molecule has 1 heterocycles. The van der Waals surface area contributed by atoms with E-state index in [9.17, 15) is 0 Å². The molecule has 3 nitrogen and oxygen atoms in total. The van der Waals surface area contributed by atoms with Crippen LogP contribution in [0, 0.1) is 11.7 Å². The van der Waals surface area contributed by atoms with Crippen LogP contribution < -0.4 is 0 Å². The smallest absolute Gasteiger partial charge is 0.195 e. The third-order valence-corrected chi connectivity index (χ3v) is 3.43. The number of aromatic amines is 1. The zero-order chi connectivity index (χ0) is 10.6. The van der Waals surface area contributed by atoms with E-state index in [0.29, 0.717) is 6.04 Å². The Hall–Kier alpha value is -0.290. The molecule has 1 aromatic rings. The number of nitrogens with one attached hydrogen (secondary N) is 1. The normalized spacial score (nSPS) is 13.1. The second kappa shape index (κ2) is 5.56. The van der Waals surface area contributed by atoms with Crippen molar-refractivity contribution in [3.8, 4) is 0 Å². The third kappa shape index (κ3) is 2.85. The predicted octanol–water partition coefficient (Wildman–Crippen LogP) is 2.95. The van der Waals surface area contributed by atoms with E-state index in [1.54, 1.807) is 0 Å². The largest absolute Gasteiger partial charge is 0.302 e. The number of hydrogen-bond acceptors (Lipinski definition) is 3. The molecule has 1 rings (SSSR count). The lowest BCUT2D eigenvalue weighted by Crippen LogP contribution is -2.08. The number of thioether (sulfide) groups is 1. The zero-order valence-corrected chi connectivity index (χ0v) is 10.5. The Morgan fingerprint density at radius 1 is 1.64 bits per heavy atom. The van der Waals surface area contributed by atoms with Gasteiger partial charge in [-0.25, -0.2) is 0 Å². The summed E-state index contributed by atoms with van der Waals surface area (Å²) in [7, 11) is 0. The number of nitrogens with zero attached hydrogens (tertiary/aromatic N) is 2. The Morgan fingerprint density at radius 3 is 2.86 bits per heavy atom. The second-order valence-corrected chi connectivity index (χ2v) is 5.06. The fourth-order valence-electron chi connectivity index (χ4n) is 1.43. The molecule has 1 unspecified atom stereocenters. The fraction of sp³-hybridized carbons (Fsp3) is 0.778. The van der Waals surface area contributed by atoms with Crippen LogP contribution in [0.3, 0.4) is 0 Å². The van der Waals surface area contributed by atoms with Crippen molar-refractivity contribution >= 4 is 24.0 Å². The maximum atomic E-state index is 5.17. The van der Waals surface area contributed by atoms with Crippen LogP contribution in [0.25, 0.3) is 0 Å². The van der Waals surface area contributed by atoms with E-state index < -0.39 is 0 Å². The van der Waals surface area contributed by atoms with E-state index in [-0.39, 0.29) is 0 Å². The maximum Gasteiger partial charge on any atom is 0.195 e. The van der Waals surface area contributed by atoms with Gasteiger partial charge in [-0.2, -0.15) is 16.9 Å². The number of H-pyrrole nitrogens is 1. The molecule has 14 heavy (non-hydrogen) atoms. The molecule has 0 aliphatic rings. The highest BCUT2D eigenvalue weighted by Crippen LogP contribution is 2.16. The van der Waals surface area contributed by atoms with Crippen molar-refractivity contribution in [2.45, 2.75) is 33.2 Å². The summed E-state index contributed by atoms with van der Waals surface area (Å²) in [6.07, 6.45) is 1.15. The van der Waals surface area contributed by atoms with Crippen LogP contribution in [0.2, 0.25) is 0 Å². The van der Waals surface area contributed by atoms with E-state index in [1.165, 1.54) is 11.5 Å². The van der Waals surface area contributed by atoms with Gasteiger partial charge in [0.15, 0.2) is 4.77 Å². The highest BCUT2D eigenvalue weighted by atomic mass is 32.2. The summed E-state index contributed by atoms with van der Waals surface area (Å²) in [4.78, 5) is 0. The van der Waals surface area contributed by atoms with Crippen LogP contribution in [-0.2, 0) is 0 Å². The molecule has 0 aromatic carbocycles. The summed E-state index contributed by atoms with van der Waals surface area (Å²) >= 11 is 7.13. The minimum atomic E-state index is 0.445. The lowest BCUT2D eigenvalue weighted by atomic mass is 10.2. The molecular formula is C9H17N3S2. The summed E-state index contributed by atoms with van der Waals surface area (Å²) < 4.78 is 2.82. The minimum Gasteiger partial charge on any atom is -0.302 e. The van der Waals surface area contributed by atoms with Crippen LogP contribution in [0.15, 0.2) is 0 Å². The van der Waals surface area contributed by atoms with Crippen molar-refractivity contribution in [2.75, 3.05) is 11.5 Å². The summed E-state index contributed by atoms with van der Waals surface area (Å²) in [6, 6.07) is 0.445. The van der Waals surface area contributed by atoms with Gasteiger partial charge in [-0.05, 0) is 44.0 Å². The van der Waals surface area contributed by atoms with Gasteiger partial charge in [0, 0.05) is 6.04 Å². The first-order chi connectivity index (χ1) is 6.66. The molecule has 5 heteroatoms. The van der Waals surface area contributed by atoms with Gasteiger partial charge >= 0.3 is 0 Å². The van der Waals surface area contributed by atoms with E-state index in [1.807, 2.05) is 18.7 Å². The number of hydrogen-bond donors (Lipinski definition) is 1. The molecular weight excluding hydrogens is 214 g/mol. The lowest BCUT2D eigenvalue weighted by molar-refractivity contribution is 0.515. The van der Waals surface area contributed by atoms with Gasteiger partial charge in [-0.15, -0.1) is 0 Å². The fourth-order valence-corrected chi connectivity index (χ4v) is 2.58. The quantitative estimate of drug-likeness (QED) is 0.625. The first-order valence-corrected chi connectivity index (χ1v) is 6.44. The average molecular weight is 231 g/mol. The van der Waals surface area contributed by atoms with Crippen molar-refractivity contribution in [3.63, 3.8) is 0 Å². The molecule has 0 saturated carbocycles. The predicted molar refractivity (Wildman–Crippen MR) is 64.5 cm³/mol. The van der Waals surface area contributed by atoms with Gasteiger partial charge < -0.3 is 4.57 Å². The van der Waals surface area contributed by atoms with Crippen molar-refractivity contribution < 1.29 is 0 Å². The number of aromatic nitrogens is 3. The average Bonchev–Trinajstić information content (AvgIpc) is 2.46. The number of aryl methyl sites for hydroxylation is 1. The topological polar surface area (TPSA) is 33.6 Å². The zero-order valence-electron chi connectivity index (χ0n) is 8.91. The van der Waals surface area contributed by atoms with E-state index in [0.717, 1.165) is 17.0 Å². The first kappa shape index (κ1) is 11.8. The van der Waals surface area contributed by atoms with Crippen molar-refractivity contribution in [1.29, 1.82) is 0 Å². The van der Waals surface area contributed by atoms with E-state index in [4.69, 9.17) is 12.2 Å². The molecule has 80 valence electrons. The van der Waals surface area contributed by atoms with Gasteiger partial charge in [-0.1, -0.05) is 6.92 Å². The molecule has 1 aromatic heterocycles. The summed E-state index contributed by atoms with van der Waals surface area (Å²) in [5.41, 5.74) is 0. The SMILES string of the molecule is CCSCCC(C)n1c(C)n[nH]c1=S. The Labute approximate surface area is 94.3 Å². The van der Waals surface area contributed by atoms with Gasteiger partial charge in [0.1, 0.15) is 5.82 Å². The van der Waals surface area contributed by atoms with Gasteiger partial charge in [-0.3, -0.25) is 5.10 Å². The van der Waals surface area contributed by atoms with E-state index in [2.05, 4.69) is 28.6 Å². The van der Waals surface area contributed by atoms with Crippen molar-refractivity contribution in [2.24, 2.45) is 0 Å². The van der Waals surface area contributed by atoms with Crippen LogP contribution >= 0.6 is 24.0 Å². The molecule has 0 aliphatic heterocycles.